The third-order valence-corrected chi connectivity index (χ3v) is 8.77. The molecule has 2 aliphatic heterocycles. The number of nitrogens with zero attached hydrogens (tertiary/aromatic N) is 2. The summed E-state index contributed by atoms with van der Waals surface area (Å²) in [6.45, 7) is 3.79. The van der Waals surface area contributed by atoms with Crippen molar-refractivity contribution in [3.63, 3.8) is 0 Å². The highest BCUT2D eigenvalue weighted by Gasteiger charge is 2.32. The number of amides is 1. The molecule has 2 saturated heterocycles. The molecule has 0 spiro atoms. The fraction of sp³-hybridized carbons (Fsp3) is 0.542. The van der Waals surface area contributed by atoms with Crippen LogP contribution >= 0.6 is 0 Å². The van der Waals surface area contributed by atoms with Crippen molar-refractivity contribution in [1.29, 1.82) is 0 Å². The van der Waals surface area contributed by atoms with Crippen molar-refractivity contribution in [2.45, 2.75) is 37.0 Å². The lowest BCUT2D eigenvalue weighted by molar-refractivity contribution is -0.126. The zero-order valence-corrected chi connectivity index (χ0v) is 19.1. The normalized spacial score (nSPS) is 20.2. The van der Waals surface area contributed by atoms with Crippen molar-refractivity contribution in [1.82, 2.24) is 14.5 Å². The van der Waals surface area contributed by atoms with Crippen LogP contribution in [-0.4, -0.2) is 63.3 Å². The molecule has 0 unspecified atom stereocenters. The van der Waals surface area contributed by atoms with Crippen molar-refractivity contribution >= 4 is 26.7 Å². The van der Waals surface area contributed by atoms with Crippen molar-refractivity contribution in [2.75, 3.05) is 39.8 Å². The van der Waals surface area contributed by atoms with Crippen LogP contribution in [0, 0.1) is 11.8 Å². The van der Waals surface area contributed by atoms with Crippen LogP contribution in [0.3, 0.4) is 0 Å². The van der Waals surface area contributed by atoms with Gasteiger partial charge in [-0.2, -0.15) is 4.31 Å². The van der Waals surface area contributed by atoms with Gasteiger partial charge in [0.1, 0.15) is 0 Å². The Labute approximate surface area is 185 Å². The number of likely N-dealkylation sites (tertiary alicyclic amines) is 1. The van der Waals surface area contributed by atoms with Crippen molar-refractivity contribution in [3.8, 4) is 0 Å². The minimum Gasteiger partial charge on any atom is -0.356 e. The second-order valence-electron chi connectivity index (χ2n) is 9.01. The second-order valence-corrected chi connectivity index (χ2v) is 11.0. The van der Waals surface area contributed by atoms with Gasteiger partial charge in [-0.05, 0) is 81.1 Å². The van der Waals surface area contributed by atoms with Crippen LogP contribution in [0.5, 0.6) is 0 Å². The van der Waals surface area contributed by atoms with Crippen LogP contribution in [0.2, 0.25) is 0 Å². The Morgan fingerprint density at radius 2 is 1.65 bits per heavy atom. The van der Waals surface area contributed by atoms with Crippen molar-refractivity contribution in [2.24, 2.45) is 11.8 Å². The highest BCUT2D eigenvalue weighted by molar-refractivity contribution is 7.89. The number of sulfonamides is 1. The van der Waals surface area contributed by atoms with E-state index < -0.39 is 10.0 Å². The SMILES string of the molecule is CN1CCC(CCNC(=O)C2CCN(S(=O)(=O)c3ccc4ccccc4c3)CC2)CC1. The molecule has 2 fully saturated rings. The molecule has 1 amide bonds. The van der Waals surface area contributed by atoms with Crippen LogP contribution in [0.4, 0.5) is 0 Å². The van der Waals surface area contributed by atoms with Gasteiger partial charge >= 0.3 is 0 Å². The molecule has 4 rings (SSSR count). The van der Waals surface area contributed by atoms with E-state index in [2.05, 4.69) is 17.3 Å². The summed E-state index contributed by atoms with van der Waals surface area (Å²) in [6.07, 6.45) is 4.60. The maximum atomic E-state index is 13.1. The fourth-order valence-electron chi connectivity index (χ4n) is 4.73. The molecule has 7 heteroatoms. The molecule has 6 nitrogen and oxygen atoms in total. The van der Waals surface area contributed by atoms with E-state index in [4.69, 9.17) is 0 Å². The Bertz CT molecular complexity index is 1010. The number of hydrogen-bond donors (Lipinski definition) is 1. The summed E-state index contributed by atoms with van der Waals surface area (Å²) in [5.74, 6) is 0.682. The molecule has 2 aromatic rings. The van der Waals surface area contributed by atoms with Crippen LogP contribution in [0.25, 0.3) is 10.8 Å². The summed E-state index contributed by atoms with van der Waals surface area (Å²) in [5.41, 5.74) is 0. The van der Waals surface area contributed by atoms with Crippen LogP contribution in [0.1, 0.15) is 32.1 Å². The van der Waals surface area contributed by atoms with Gasteiger partial charge in [-0.1, -0.05) is 30.3 Å². The first-order valence-electron chi connectivity index (χ1n) is 11.4. The maximum Gasteiger partial charge on any atom is 0.243 e. The third kappa shape index (κ3) is 5.27. The summed E-state index contributed by atoms with van der Waals surface area (Å²) in [6, 6.07) is 13.0. The lowest BCUT2D eigenvalue weighted by atomic mass is 9.93. The number of rotatable bonds is 6. The van der Waals surface area contributed by atoms with Gasteiger partial charge in [0, 0.05) is 25.6 Å². The molecule has 0 aliphatic carbocycles. The lowest BCUT2D eigenvalue weighted by Gasteiger charge is -2.31. The number of carbonyl (C=O) groups excluding carboxylic acids is 1. The van der Waals surface area contributed by atoms with Crippen LogP contribution < -0.4 is 5.32 Å². The Balaban J connectivity index is 1.27. The Morgan fingerprint density at radius 3 is 2.35 bits per heavy atom. The van der Waals surface area contributed by atoms with Gasteiger partial charge in [0.05, 0.1) is 4.90 Å². The van der Waals surface area contributed by atoms with E-state index in [-0.39, 0.29) is 11.8 Å². The molecule has 0 aromatic heterocycles. The van der Waals surface area contributed by atoms with E-state index in [0.29, 0.717) is 36.7 Å². The fourth-order valence-corrected chi connectivity index (χ4v) is 6.24. The maximum absolute atomic E-state index is 13.1. The average molecular weight is 444 g/mol. The summed E-state index contributed by atoms with van der Waals surface area (Å²) < 4.78 is 27.7. The van der Waals surface area contributed by atoms with Crippen molar-refractivity contribution in [3.05, 3.63) is 42.5 Å². The minimum atomic E-state index is -3.54. The topological polar surface area (TPSA) is 69.7 Å². The Morgan fingerprint density at radius 1 is 0.968 bits per heavy atom. The molecule has 2 aromatic carbocycles. The number of carbonyl (C=O) groups is 1. The van der Waals surface area contributed by atoms with Gasteiger partial charge in [0.15, 0.2) is 0 Å². The van der Waals surface area contributed by atoms with E-state index in [0.717, 1.165) is 36.8 Å². The van der Waals surface area contributed by atoms with Crippen molar-refractivity contribution < 1.29 is 13.2 Å². The van der Waals surface area contributed by atoms with Gasteiger partial charge < -0.3 is 10.2 Å². The van der Waals surface area contributed by atoms with Gasteiger partial charge in [-0.3, -0.25) is 4.79 Å². The molecule has 0 radical (unpaired) electrons. The second kappa shape index (κ2) is 9.67. The molecule has 31 heavy (non-hydrogen) atoms. The molecule has 2 aliphatic rings. The quantitative estimate of drug-likeness (QED) is 0.745. The number of piperidine rings is 2. The molecular formula is C24H33N3O3S. The Kier molecular flexibility index (Phi) is 6.94. The zero-order chi connectivity index (χ0) is 21.8. The zero-order valence-electron chi connectivity index (χ0n) is 18.3. The molecule has 0 bridgehead atoms. The average Bonchev–Trinajstić information content (AvgIpc) is 2.80. The largest absolute Gasteiger partial charge is 0.356 e. The van der Waals surface area contributed by atoms with E-state index >= 15 is 0 Å². The molecule has 0 saturated carbocycles. The summed E-state index contributed by atoms with van der Waals surface area (Å²) in [7, 11) is -1.38. The minimum absolute atomic E-state index is 0.0793. The van der Waals surface area contributed by atoms with Gasteiger partial charge in [0.2, 0.25) is 15.9 Å². The molecule has 0 atom stereocenters. The standard InChI is InChI=1S/C24H33N3O3S/c1-26-14-9-19(10-15-26)8-13-25-24(28)21-11-16-27(17-12-21)31(29,30)23-7-6-20-4-2-3-5-22(20)18-23/h2-7,18-19,21H,8-17H2,1H3,(H,25,28). The summed E-state index contributed by atoms with van der Waals surface area (Å²) in [4.78, 5) is 15.3. The monoisotopic (exact) mass is 443 g/mol. The predicted molar refractivity (Wildman–Crippen MR) is 123 cm³/mol. The Hall–Kier alpha value is -1.96. The van der Waals surface area contributed by atoms with E-state index in [1.807, 2.05) is 30.3 Å². The first-order chi connectivity index (χ1) is 14.9. The third-order valence-electron chi connectivity index (χ3n) is 6.87. The van der Waals surface area contributed by atoms with Gasteiger partial charge in [0.25, 0.3) is 0 Å². The molecular weight excluding hydrogens is 410 g/mol. The van der Waals surface area contributed by atoms with Crippen LogP contribution in [-0.2, 0) is 14.8 Å². The smallest absolute Gasteiger partial charge is 0.243 e. The molecule has 2 heterocycles. The van der Waals surface area contributed by atoms with E-state index in [9.17, 15) is 13.2 Å². The number of nitrogens with one attached hydrogen (secondary N) is 1. The summed E-state index contributed by atoms with van der Waals surface area (Å²) >= 11 is 0. The number of fused-ring (bicyclic) bond motifs is 1. The number of benzene rings is 2. The molecule has 168 valence electrons. The van der Waals surface area contributed by atoms with E-state index in [1.165, 1.54) is 17.1 Å². The first kappa shape index (κ1) is 22.2. The highest BCUT2D eigenvalue weighted by atomic mass is 32.2. The van der Waals surface area contributed by atoms with Crippen LogP contribution in [0.15, 0.2) is 47.4 Å². The first-order valence-corrected chi connectivity index (χ1v) is 12.8. The highest BCUT2D eigenvalue weighted by Crippen LogP contribution is 2.26. The lowest BCUT2D eigenvalue weighted by Crippen LogP contribution is -2.43. The van der Waals surface area contributed by atoms with E-state index in [1.54, 1.807) is 12.1 Å². The van der Waals surface area contributed by atoms with Gasteiger partial charge in [-0.25, -0.2) is 8.42 Å². The molecule has 1 N–H and O–H groups in total. The summed E-state index contributed by atoms with van der Waals surface area (Å²) in [5, 5.41) is 5.04. The number of hydrogen-bond acceptors (Lipinski definition) is 4. The predicted octanol–water partition coefficient (Wildman–Crippen LogP) is 3.09. The van der Waals surface area contributed by atoms with Gasteiger partial charge in [-0.15, -0.1) is 0 Å².